The van der Waals surface area contributed by atoms with Crippen LogP contribution < -0.4 is 0 Å². The van der Waals surface area contributed by atoms with Crippen LogP contribution in [-0.4, -0.2) is 25.5 Å². The Morgan fingerprint density at radius 2 is 1.87 bits per heavy atom. The molecule has 82 valence electrons. The predicted octanol–water partition coefficient (Wildman–Crippen LogP) is 1.11. The average Bonchev–Trinajstić information content (AvgIpc) is 2.17. The topological polar surface area (TPSA) is 80.7 Å². The number of rotatable bonds is 3. The quantitative estimate of drug-likeness (QED) is 0.621. The second-order valence-electron chi connectivity index (χ2n) is 2.72. The first-order chi connectivity index (χ1) is 6.95. The first kappa shape index (κ1) is 11.7. The third kappa shape index (κ3) is 3.03. The molecule has 5 nitrogen and oxygen atoms in total. The van der Waals surface area contributed by atoms with E-state index in [0.29, 0.717) is 0 Å². The molecule has 0 amide bonds. The Bertz CT molecular complexity index is 446. The minimum atomic E-state index is -4.21. The number of carbonyl (C=O) groups excluding carboxylic acids is 1. The Kier molecular flexibility index (Phi) is 3.43. The minimum Gasteiger partial charge on any atom is -0.462 e. The highest BCUT2D eigenvalue weighted by Gasteiger charge is 2.11. The fourth-order valence-corrected chi connectivity index (χ4v) is 1.46. The zero-order valence-corrected chi connectivity index (χ0v) is 8.82. The van der Waals surface area contributed by atoms with E-state index in [2.05, 4.69) is 0 Å². The van der Waals surface area contributed by atoms with Gasteiger partial charge in [0, 0.05) is 0 Å². The third-order valence-corrected chi connectivity index (χ3v) is 2.53. The Labute approximate surface area is 87.4 Å². The van der Waals surface area contributed by atoms with E-state index in [4.69, 9.17) is 9.29 Å². The highest BCUT2D eigenvalue weighted by molar-refractivity contribution is 7.85. The van der Waals surface area contributed by atoms with Crippen LogP contribution in [0.25, 0.3) is 0 Å². The SMILES string of the molecule is CCOC(=O)c1ccc(S(=O)(=O)O)cc1. The first-order valence-electron chi connectivity index (χ1n) is 4.20. The summed E-state index contributed by atoms with van der Waals surface area (Å²) < 4.78 is 34.7. The maximum Gasteiger partial charge on any atom is 0.338 e. The van der Waals surface area contributed by atoms with Crippen LogP contribution in [0.3, 0.4) is 0 Å². The van der Waals surface area contributed by atoms with Crippen molar-refractivity contribution in [1.82, 2.24) is 0 Å². The van der Waals surface area contributed by atoms with Gasteiger partial charge < -0.3 is 4.74 Å². The van der Waals surface area contributed by atoms with Crippen LogP contribution in [0.2, 0.25) is 0 Å². The molecule has 0 bridgehead atoms. The summed E-state index contributed by atoms with van der Waals surface area (Å²) in [6.07, 6.45) is 0. The minimum absolute atomic E-state index is 0.240. The van der Waals surface area contributed by atoms with E-state index in [1.54, 1.807) is 6.92 Å². The van der Waals surface area contributed by atoms with Crippen molar-refractivity contribution in [2.75, 3.05) is 6.61 Å². The standard InChI is InChI=1S/C9H10O5S/c1-2-14-9(10)7-3-5-8(6-4-7)15(11,12)13/h3-6H,2H2,1H3,(H,11,12,13). The van der Waals surface area contributed by atoms with Crippen LogP contribution in [0.4, 0.5) is 0 Å². The van der Waals surface area contributed by atoms with Crippen molar-refractivity contribution >= 4 is 16.1 Å². The van der Waals surface area contributed by atoms with Crippen molar-refractivity contribution in [3.8, 4) is 0 Å². The molecule has 0 aliphatic carbocycles. The van der Waals surface area contributed by atoms with E-state index in [1.165, 1.54) is 12.1 Å². The lowest BCUT2D eigenvalue weighted by Crippen LogP contribution is -2.05. The molecule has 15 heavy (non-hydrogen) atoms. The van der Waals surface area contributed by atoms with Crippen LogP contribution in [0.5, 0.6) is 0 Å². The van der Waals surface area contributed by atoms with Crippen molar-refractivity contribution in [2.45, 2.75) is 11.8 Å². The molecule has 1 aromatic rings. The third-order valence-electron chi connectivity index (χ3n) is 1.66. The van der Waals surface area contributed by atoms with Gasteiger partial charge in [-0.1, -0.05) is 0 Å². The normalized spacial score (nSPS) is 11.1. The zero-order valence-electron chi connectivity index (χ0n) is 8.00. The number of hydrogen-bond acceptors (Lipinski definition) is 4. The second-order valence-corrected chi connectivity index (χ2v) is 4.14. The molecule has 0 heterocycles. The summed E-state index contributed by atoms with van der Waals surface area (Å²) in [6, 6.07) is 4.84. The van der Waals surface area contributed by atoms with Gasteiger partial charge in [-0.15, -0.1) is 0 Å². The van der Waals surface area contributed by atoms with Crippen LogP contribution in [-0.2, 0) is 14.9 Å². The summed E-state index contributed by atoms with van der Waals surface area (Å²) in [4.78, 5) is 10.9. The van der Waals surface area contributed by atoms with Crippen LogP contribution in [0, 0.1) is 0 Å². The van der Waals surface area contributed by atoms with Gasteiger partial charge in [0.15, 0.2) is 0 Å². The van der Waals surface area contributed by atoms with Crippen molar-refractivity contribution in [2.24, 2.45) is 0 Å². The van der Waals surface area contributed by atoms with Gasteiger partial charge in [-0.2, -0.15) is 8.42 Å². The zero-order chi connectivity index (χ0) is 11.5. The number of esters is 1. The number of benzene rings is 1. The van der Waals surface area contributed by atoms with E-state index >= 15 is 0 Å². The summed E-state index contributed by atoms with van der Waals surface area (Å²) in [5, 5.41) is 0. The summed E-state index contributed by atoms with van der Waals surface area (Å²) >= 11 is 0. The summed E-state index contributed by atoms with van der Waals surface area (Å²) in [5.41, 5.74) is 0.240. The van der Waals surface area contributed by atoms with Gasteiger partial charge in [0.25, 0.3) is 10.1 Å². The van der Waals surface area contributed by atoms with Gasteiger partial charge in [0.05, 0.1) is 17.1 Å². The average molecular weight is 230 g/mol. The van der Waals surface area contributed by atoms with E-state index in [-0.39, 0.29) is 17.1 Å². The fourth-order valence-electron chi connectivity index (χ4n) is 0.977. The lowest BCUT2D eigenvalue weighted by molar-refractivity contribution is 0.0526. The molecule has 0 fully saturated rings. The van der Waals surface area contributed by atoms with Gasteiger partial charge >= 0.3 is 5.97 Å². The molecule has 0 unspecified atom stereocenters. The second kappa shape index (κ2) is 4.41. The van der Waals surface area contributed by atoms with Crippen molar-refractivity contribution in [1.29, 1.82) is 0 Å². The van der Waals surface area contributed by atoms with Gasteiger partial charge in [0.2, 0.25) is 0 Å². The lowest BCUT2D eigenvalue weighted by atomic mass is 10.2. The summed E-state index contributed by atoms with van der Waals surface area (Å²) in [7, 11) is -4.21. The molecule has 0 aliphatic heterocycles. The first-order valence-corrected chi connectivity index (χ1v) is 5.64. The Morgan fingerprint density at radius 3 is 2.27 bits per heavy atom. The number of hydrogen-bond donors (Lipinski definition) is 1. The van der Waals surface area contributed by atoms with Crippen LogP contribution in [0.15, 0.2) is 29.2 Å². The van der Waals surface area contributed by atoms with Gasteiger partial charge in [-0.3, -0.25) is 4.55 Å². The van der Waals surface area contributed by atoms with Crippen molar-refractivity contribution in [3.05, 3.63) is 29.8 Å². The Balaban J connectivity index is 2.96. The molecule has 0 saturated heterocycles. The molecule has 1 N–H and O–H groups in total. The molecular weight excluding hydrogens is 220 g/mol. The Morgan fingerprint density at radius 1 is 1.33 bits per heavy atom. The van der Waals surface area contributed by atoms with Gasteiger partial charge in [-0.25, -0.2) is 4.79 Å². The van der Waals surface area contributed by atoms with E-state index in [9.17, 15) is 13.2 Å². The summed E-state index contributed by atoms with van der Waals surface area (Å²) in [6.45, 7) is 1.92. The molecular formula is C9H10O5S. The van der Waals surface area contributed by atoms with Gasteiger partial charge in [0.1, 0.15) is 0 Å². The molecule has 0 spiro atoms. The fraction of sp³-hybridized carbons (Fsp3) is 0.222. The highest BCUT2D eigenvalue weighted by atomic mass is 32.2. The molecule has 6 heteroatoms. The van der Waals surface area contributed by atoms with E-state index < -0.39 is 16.1 Å². The molecule has 0 atom stereocenters. The maximum atomic E-state index is 11.2. The molecule has 1 rings (SSSR count). The van der Waals surface area contributed by atoms with E-state index in [0.717, 1.165) is 12.1 Å². The Hall–Kier alpha value is -1.40. The number of ether oxygens (including phenoxy) is 1. The van der Waals surface area contributed by atoms with Crippen LogP contribution >= 0.6 is 0 Å². The maximum absolute atomic E-state index is 11.2. The summed E-state index contributed by atoms with van der Waals surface area (Å²) in [5.74, 6) is -0.528. The van der Waals surface area contributed by atoms with E-state index in [1.807, 2.05) is 0 Å². The predicted molar refractivity (Wildman–Crippen MR) is 52.2 cm³/mol. The van der Waals surface area contributed by atoms with Crippen LogP contribution in [0.1, 0.15) is 17.3 Å². The molecule has 0 aromatic heterocycles. The number of carbonyl (C=O) groups is 1. The lowest BCUT2D eigenvalue weighted by Gasteiger charge is -2.01. The molecule has 0 saturated carbocycles. The molecule has 1 aromatic carbocycles. The monoisotopic (exact) mass is 230 g/mol. The largest absolute Gasteiger partial charge is 0.462 e. The molecule has 0 radical (unpaired) electrons. The highest BCUT2D eigenvalue weighted by Crippen LogP contribution is 2.10. The molecule has 0 aliphatic rings. The van der Waals surface area contributed by atoms with Gasteiger partial charge in [-0.05, 0) is 31.2 Å². The van der Waals surface area contributed by atoms with Crippen molar-refractivity contribution < 1.29 is 22.5 Å². The van der Waals surface area contributed by atoms with Crippen molar-refractivity contribution in [3.63, 3.8) is 0 Å². The smallest absolute Gasteiger partial charge is 0.338 e.